The first-order chi connectivity index (χ1) is 5.61. The van der Waals surface area contributed by atoms with E-state index >= 15 is 0 Å². The topological polar surface area (TPSA) is 26.0 Å². The van der Waals surface area contributed by atoms with E-state index in [1.807, 2.05) is 0 Å². The summed E-state index contributed by atoms with van der Waals surface area (Å²) < 4.78 is 0. The standard InChI is InChI=1S/C11H23N/c1-5-9(2)8-11(4)10(3)6-7-12/h8-10H,5-7,12H2,1-4H3/b11-8-. The predicted molar refractivity (Wildman–Crippen MR) is 56.0 cm³/mol. The van der Waals surface area contributed by atoms with Gasteiger partial charge in [-0.05, 0) is 31.7 Å². The number of hydrogen-bond acceptors (Lipinski definition) is 1. The van der Waals surface area contributed by atoms with Crippen LogP contribution < -0.4 is 5.73 Å². The molecule has 0 aliphatic rings. The zero-order valence-electron chi connectivity index (χ0n) is 8.93. The van der Waals surface area contributed by atoms with Crippen molar-refractivity contribution in [2.75, 3.05) is 6.54 Å². The Labute approximate surface area is 77.0 Å². The Bertz CT molecular complexity index is 138. The molecule has 72 valence electrons. The Kier molecular flexibility index (Phi) is 6.09. The number of hydrogen-bond donors (Lipinski definition) is 1. The highest BCUT2D eigenvalue weighted by molar-refractivity contribution is 5.03. The average molecular weight is 169 g/mol. The molecule has 1 nitrogen and oxygen atoms in total. The Morgan fingerprint density at radius 1 is 1.42 bits per heavy atom. The van der Waals surface area contributed by atoms with Crippen molar-refractivity contribution >= 4 is 0 Å². The molecular weight excluding hydrogens is 146 g/mol. The van der Waals surface area contributed by atoms with Crippen LogP contribution in [0.3, 0.4) is 0 Å². The minimum Gasteiger partial charge on any atom is -0.330 e. The molecule has 0 rings (SSSR count). The van der Waals surface area contributed by atoms with Gasteiger partial charge in [-0.3, -0.25) is 0 Å². The Hall–Kier alpha value is -0.300. The van der Waals surface area contributed by atoms with Gasteiger partial charge in [0.05, 0.1) is 0 Å². The molecule has 0 aliphatic heterocycles. The van der Waals surface area contributed by atoms with Gasteiger partial charge in [0.15, 0.2) is 0 Å². The number of nitrogens with two attached hydrogens (primary N) is 1. The molecule has 0 saturated heterocycles. The smallest absolute Gasteiger partial charge is 0.00717 e. The molecule has 0 aromatic rings. The molecule has 0 amide bonds. The first-order valence-electron chi connectivity index (χ1n) is 5.00. The first kappa shape index (κ1) is 11.7. The number of allylic oxidation sites excluding steroid dienone is 2. The van der Waals surface area contributed by atoms with Gasteiger partial charge >= 0.3 is 0 Å². The summed E-state index contributed by atoms with van der Waals surface area (Å²) >= 11 is 0. The summed E-state index contributed by atoms with van der Waals surface area (Å²) in [5.74, 6) is 1.37. The molecule has 12 heavy (non-hydrogen) atoms. The van der Waals surface area contributed by atoms with Crippen LogP contribution in [-0.2, 0) is 0 Å². The van der Waals surface area contributed by atoms with Gasteiger partial charge in [-0.1, -0.05) is 38.8 Å². The molecule has 2 N–H and O–H groups in total. The molecule has 0 heterocycles. The Morgan fingerprint density at radius 3 is 2.42 bits per heavy atom. The molecular formula is C11H23N. The fourth-order valence-electron chi connectivity index (χ4n) is 1.21. The van der Waals surface area contributed by atoms with E-state index in [1.165, 1.54) is 12.0 Å². The molecule has 0 spiro atoms. The fourth-order valence-corrected chi connectivity index (χ4v) is 1.21. The monoisotopic (exact) mass is 169 g/mol. The molecule has 0 aliphatic carbocycles. The van der Waals surface area contributed by atoms with E-state index in [-0.39, 0.29) is 0 Å². The predicted octanol–water partition coefficient (Wildman–Crippen LogP) is 2.96. The third-order valence-corrected chi connectivity index (χ3v) is 2.57. The zero-order chi connectivity index (χ0) is 9.56. The summed E-state index contributed by atoms with van der Waals surface area (Å²) in [7, 11) is 0. The van der Waals surface area contributed by atoms with Crippen molar-refractivity contribution in [2.24, 2.45) is 17.6 Å². The second-order valence-corrected chi connectivity index (χ2v) is 3.77. The lowest BCUT2D eigenvalue weighted by atomic mass is 9.95. The fraction of sp³-hybridized carbons (Fsp3) is 0.818. The van der Waals surface area contributed by atoms with Crippen LogP contribution in [0.1, 0.15) is 40.5 Å². The molecule has 0 fully saturated rings. The first-order valence-corrected chi connectivity index (χ1v) is 5.00. The van der Waals surface area contributed by atoms with Crippen LogP contribution in [0.15, 0.2) is 11.6 Å². The summed E-state index contributed by atoms with van der Waals surface area (Å²) in [6, 6.07) is 0. The van der Waals surface area contributed by atoms with Crippen molar-refractivity contribution < 1.29 is 0 Å². The summed E-state index contributed by atoms with van der Waals surface area (Å²) in [5.41, 5.74) is 7.00. The van der Waals surface area contributed by atoms with E-state index in [2.05, 4.69) is 33.8 Å². The highest BCUT2D eigenvalue weighted by Crippen LogP contribution is 2.16. The van der Waals surface area contributed by atoms with E-state index in [0.717, 1.165) is 13.0 Å². The minimum atomic E-state index is 0.656. The van der Waals surface area contributed by atoms with E-state index in [0.29, 0.717) is 11.8 Å². The van der Waals surface area contributed by atoms with Crippen LogP contribution >= 0.6 is 0 Å². The summed E-state index contributed by atoms with van der Waals surface area (Å²) in [6.07, 6.45) is 4.71. The maximum atomic E-state index is 5.50. The van der Waals surface area contributed by atoms with Crippen LogP contribution in [0.25, 0.3) is 0 Å². The molecule has 1 heteroatoms. The van der Waals surface area contributed by atoms with Crippen LogP contribution in [-0.4, -0.2) is 6.54 Å². The molecule has 0 bridgehead atoms. The highest BCUT2D eigenvalue weighted by Gasteiger charge is 2.03. The molecule has 0 radical (unpaired) electrons. The van der Waals surface area contributed by atoms with E-state index < -0.39 is 0 Å². The highest BCUT2D eigenvalue weighted by atomic mass is 14.5. The second kappa shape index (κ2) is 6.24. The van der Waals surface area contributed by atoms with Crippen molar-refractivity contribution in [2.45, 2.75) is 40.5 Å². The third-order valence-electron chi connectivity index (χ3n) is 2.57. The van der Waals surface area contributed by atoms with Crippen molar-refractivity contribution in [1.82, 2.24) is 0 Å². The lowest BCUT2D eigenvalue weighted by Crippen LogP contribution is -2.07. The van der Waals surface area contributed by atoms with Crippen LogP contribution in [0.2, 0.25) is 0 Å². The van der Waals surface area contributed by atoms with Gasteiger partial charge in [-0.2, -0.15) is 0 Å². The lowest BCUT2D eigenvalue weighted by molar-refractivity contribution is 0.603. The van der Waals surface area contributed by atoms with E-state index in [1.54, 1.807) is 0 Å². The Morgan fingerprint density at radius 2 is 2.00 bits per heavy atom. The van der Waals surface area contributed by atoms with Gasteiger partial charge in [0, 0.05) is 0 Å². The summed E-state index contributed by atoms with van der Waals surface area (Å²) in [4.78, 5) is 0. The van der Waals surface area contributed by atoms with Crippen molar-refractivity contribution in [3.05, 3.63) is 11.6 Å². The lowest BCUT2D eigenvalue weighted by Gasteiger charge is -2.12. The van der Waals surface area contributed by atoms with Gasteiger partial charge in [-0.25, -0.2) is 0 Å². The second-order valence-electron chi connectivity index (χ2n) is 3.77. The van der Waals surface area contributed by atoms with E-state index in [4.69, 9.17) is 5.73 Å². The number of rotatable bonds is 5. The molecule has 0 aromatic carbocycles. The average Bonchev–Trinajstić information content (AvgIpc) is 2.04. The maximum Gasteiger partial charge on any atom is -0.00717 e. The normalized spacial score (nSPS) is 17.6. The summed E-state index contributed by atoms with van der Waals surface area (Å²) in [6.45, 7) is 9.75. The molecule has 0 saturated carbocycles. The third kappa shape index (κ3) is 4.55. The molecule has 0 aromatic heterocycles. The van der Waals surface area contributed by atoms with Crippen molar-refractivity contribution in [3.8, 4) is 0 Å². The van der Waals surface area contributed by atoms with Crippen LogP contribution in [0.5, 0.6) is 0 Å². The van der Waals surface area contributed by atoms with Gasteiger partial charge in [0.2, 0.25) is 0 Å². The Balaban J connectivity index is 3.97. The van der Waals surface area contributed by atoms with Gasteiger partial charge in [0.1, 0.15) is 0 Å². The van der Waals surface area contributed by atoms with Crippen molar-refractivity contribution in [1.29, 1.82) is 0 Å². The van der Waals surface area contributed by atoms with Crippen LogP contribution in [0.4, 0.5) is 0 Å². The quantitative estimate of drug-likeness (QED) is 0.629. The molecule has 2 unspecified atom stereocenters. The zero-order valence-corrected chi connectivity index (χ0v) is 8.93. The van der Waals surface area contributed by atoms with Gasteiger partial charge in [-0.15, -0.1) is 0 Å². The van der Waals surface area contributed by atoms with Crippen LogP contribution in [0, 0.1) is 11.8 Å². The largest absolute Gasteiger partial charge is 0.330 e. The van der Waals surface area contributed by atoms with Crippen molar-refractivity contribution in [3.63, 3.8) is 0 Å². The van der Waals surface area contributed by atoms with Gasteiger partial charge in [0.25, 0.3) is 0 Å². The van der Waals surface area contributed by atoms with E-state index in [9.17, 15) is 0 Å². The maximum absolute atomic E-state index is 5.50. The van der Waals surface area contributed by atoms with Gasteiger partial charge < -0.3 is 5.73 Å². The summed E-state index contributed by atoms with van der Waals surface area (Å²) in [5, 5.41) is 0. The minimum absolute atomic E-state index is 0.656. The molecule has 2 atom stereocenters. The SMILES string of the molecule is CCC(C)/C=C(/C)C(C)CCN.